The van der Waals surface area contributed by atoms with Crippen LogP contribution in [0.2, 0.25) is 0 Å². The Bertz CT molecular complexity index is 1600. The van der Waals surface area contributed by atoms with Gasteiger partial charge in [-0.1, -0.05) is 0 Å². The second kappa shape index (κ2) is 11.3. The zero-order valence-corrected chi connectivity index (χ0v) is 25.3. The summed E-state index contributed by atoms with van der Waals surface area (Å²) in [7, 11) is -2.55. The van der Waals surface area contributed by atoms with E-state index in [1.807, 2.05) is 41.3 Å². The number of anilines is 1. The molecule has 5 rings (SSSR count). The molecule has 0 fully saturated rings. The van der Waals surface area contributed by atoms with E-state index in [9.17, 15) is 13.0 Å². The molecule has 0 radical (unpaired) electrons. The second-order valence-corrected chi connectivity index (χ2v) is 13.7. The maximum atomic E-state index is 11.3. The summed E-state index contributed by atoms with van der Waals surface area (Å²) in [5, 5.41) is 2.11. The monoisotopic (exact) mass is 614 g/mol. The van der Waals surface area contributed by atoms with Crippen LogP contribution >= 0.6 is 0 Å². The quantitative estimate of drug-likeness (QED) is 0.195. The molecule has 1 aliphatic heterocycles. The van der Waals surface area contributed by atoms with Gasteiger partial charge in [0.1, 0.15) is 0 Å². The first-order chi connectivity index (χ1) is 18.7. The van der Waals surface area contributed by atoms with Gasteiger partial charge in [-0.3, -0.25) is 0 Å². The van der Waals surface area contributed by atoms with Crippen molar-refractivity contribution >= 4 is 53.2 Å². The van der Waals surface area contributed by atoms with Crippen molar-refractivity contribution in [2.24, 2.45) is 5.92 Å². The van der Waals surface area contributed by atoms with Gasteiger partial charge in [-0.25, -0.2) is 0 Å². The molecule has 0 spiro atoms. The Kier molecular flexibility index (Phi) is 8.06. The van der Waals surface area contributed by atoms with Crippen molar-refractivity contribution in [2.45, 2.75) is 46.6 Å². The van der Waals surface area contributed by atoms with Gasteiger partial charge in [-0.05, 0) is 0 Å². The summed E-state index contributed by atoms with van der Waals surface area (Å²) < 4.78 is 51.1. The molecular formula is C30H34N2O5SSe. The predicted molar refractivity (Wildman–Crippen MR) is 155 cm³/mol. The van der Waals surface area contributed by atoms with E-state index in [1.54, 1.807) is 7.11 Å². The number of methoxy groups -OCH3 is 1. The molecule has 0 saturated heterocycles. The molecule has 2 aromatic carbocycles. The van der Waals surface area contributed by atoms with Crippen molar-refractivity contribution in [3.05, 3.63) is 74.4 Å². The summed E-state index contributed by atoms with van der Waals surface area (Å²) in [5.41, 5.74) is 3.44. The van der Waals surface area contributed by atoms with Crippen molar-refractivity contribution in [2.75, 3.05) is 24.3 Å². The molecule has 0 bridgehead atoms. The molecule has 7 nitrogen and oxygen atoms in total. The van der Waals surface area contributed by atoms with Gasteiger partial charge in [0.15, 0.2) is 0 Å². The molecule has 3 aromatic rings. The number of hydrogen-bond acceptors (Lipinski definition) is 6. The molecule has 1 aromatic heterocycles. The van der Waals surface area contributed by atoms with E-state index in [-0.39, 0.29) is 20.9 Å². The number of fused-ring (bicyclic) bond motifs is 4. The molecule has 0 saturated carbocycles. The maximum absolute atomic E-state index is 11.3. The molecule has 2 aliphatic rings. The summed E-state index contributed by atoms with van der Waals surface area (Å²) >= 11 is 0.173. The van der Waals surface area contributed by atoms with E-state index in [0.29, 0.717) is 18.3 Å². The van der Waals surface area contributed by atoms with Gasteiger partial charge in [0.2, 0.25) is 0 Å². The summed E-state index contributed by atoms with van der Waals surface area (Å²) in [6.45, 7) is 7.81. The van der Waals surface area contributed by atoms with Gasteiger partial charge >= 0.3 is 237 Å². The average molecular weight is 614 g/mol. The Labute approximate surface area is 236 Å². The molecule has 1 atom stereocenters. The second-order valence-electron chi connectivity index (χ2n) is 9.91. The number of ether oxygens (including phenoxy) is 2. The van der Waals surface area contributed by atoms with Crippen LogP contribution in [0.15, 0.2) is 59.7 Å². The minimum absolute atomic E-state index is 0.173. The first kappa shape index (κ1) is 27.7. The summed E-state index contributed by atoms with van der Waals surface area (Å²) in [4.78, 5) is 2.02. The fourth-order valence-corrected chi connectivity index (χ4v) is 8.51. The molecule has 2 heterocycles. The van der Waals surface area contributed by atoms with Crippen molar-refractivity contribution in [3.63, 3.8) is 0 Å². The third kappa shape index (κ3) is 5.73. The van der Waals surface area contributed by atoms with Gasteiger partial charge in [0.25, 0.3) is 0 Å². The normalized spacial score (nSPS) is 18.2. The Hall–Kier alpha value is -2.84. The number of allylic oxidation sites excluding steroid dienone is 3. The minimum atomic E-state index is -4.30. The van der Waals surface area contributed by atoms with Gasteiger partial charge in [0.05, 0.1) is 0 Å². The molecular weight excluding hydrogens is 579 g/mol. The van der Waals surface area contributed by atoms with Crippen LogP contribution in [-0.2, 0) is 27.8 Å². The number of benzene rings is 2. The van der Waals surface area contributed by atoms with Crippen LogP contribution in [0.25, 0.3) is 22.9 Å². The van der Waals surface area contributed by atoms with E-state index < -0.39 is 15.9 Å². The standard InChI is InChI=1S/C30H34N2O5SSe/c1-5-21(18-29-31(6-2)24-16-20(3)26(36-4)19-27(24)39-29)17-28-32(14-9-15-38(33,34)35)30-23-11-8-7-10-22(23)12-13-25(30)37-28/h7-8,10-13,17-20H,5-6,9,14-16H2,1-4H3. The van der Waals surface area contributed by atoms with Crippen LogP contribution in [0.4, 0.5) is 5.69 Å². The number of aromatic nitrogens is 1. The molecule has 39 heavy (non-hydrogen) atoms. The van der Waals surface area contributed by atoms with Crippen molar-refractivity contribution in [1.29, 1.82) is 0 Å². The average Bonchev–Trinajstić information content (AvgIpc) is 3.43. The zero-order valence-electron chi connectivity index (χ0n) is 22.8. The number of nitrogens with zero attached hydrogens (tertiary/aromatic N) is 2. The first-order valence-corrected chi connectivity index (χ1v) is 16.7. The van der Waals surface area contributed by atoms with Gasteiger partial charge in [-0.2, -0.15) is 0 Å². The van der Waals surface area contributed by atoms with Crippen molar-refractivity contribution in [3.8, 4) is 5.75 Å². The summed E-state index contributed by atoms with van der Waals surface area (Å²) in [5.74, 6) is 2.39. The Morgan fingerprint density at radius 3 is 2.77 bits per heavy atom. The molecule has 206 valence electrons. The SMILES string of the molecule is CCC(/C=C1\Oc2ccc3ccccc3c2N1CCCS(=O)(=O)[O-])=C\c1[se]c2c([n+]1CC)CC(C)C(OC)=C2. The summed E-state index contributed by atoms with van der Waals surface area (Å²) in [6, 6.07) is 12.1. The molecule has 1 unspecified atom stereocenters. The van der Waals surface area contributed by atoms with Crippen LogP contribution in [0.1, 0.15) is 48.3 Å². The first-order valence-electron chi connectivity index (χ1n) is 13.4. The van der Waals surface area contributed by atoms with E-state index >= 15 is 0 Å². The third-order valence-corrected chi connectivity index (χ3v) is 10.5. The van der Waals surface area contributed by atoms with Crippen molar-refractivity contribution < 1.29 is 27.0 Å². The van der Waals surface area contributed by atoms with E-state index in [4.69, 9.17) is 9.47 Å². The van der Waals surface area contributed by atoms with E-state index in [1.165, 1.54) is 14.7 Å². The van der Waals surface area contributed by atoms with Gasteiger partial charge in [0, 0.05) is 0 Å². The fourth-order valence-electron chi connectivity index (χ4n) is 5.36. The zero-order chi connectivity index (χ0) is 27.7. The Morgan fingerprint density at radius 2 is 2.05 bits per heavy atom. The van der Waals surface area contributed by atoms with Gasteiger partial charge in [-0.15, -0.1) is 0 Å². The summed E-state index contributed by atoms with van der Waals surface area (Å²) in [6.07, 6.45) is 8.58. The Balaban J connectivity index is 1.54. The van der Waals surface area contributed by atoms with Crippen LogP contribution in [0.5, 0.6) is 5.75 Å². The van der Waals surface area contributed by atoms with Crippen LogP contribution in [0, 0.1) is 5.92 Å². The van der Waals surface area contributed by atoms with E-state index in [0.717, 1.165) is 52.9 Å². The third-order valence-electron chi connectivity index (χ3n) is 7.32. The van der Waals surface area contributed by atoms with Crippen LogP contribution in [0.3, 0.4) is 0 Å². The van der Waals surface area contributed by atoms with Crippen LogP contribution < -0.4 is 14.2 Å². The number of rotatable bonds is 9. The topological polar surface area (TPSA) is 82.8 Å². The fraction of sp³-hybridized carbons (Fsp3) is 0.367. The molecule has 0 N–H and O–H groups in total. The predicted octanol–water partition coefficient (Wildman–Crippen LogP) is 4.85. The molecule has 0 amide bonds. The van der Waals surface area contributed by atoms with Crippen molar-refractivity contribution in [1.82, 2.24) is 0 Å². The Morgan fingerprint density at radius 1 is 1.26 bits per heavy atom. The molecule has 1 aliphatic carbocycles. The number of hydrogen-bond donors (Lipinski definition) is 0. The molecule has 9 heteroatoms. The van der Waals surface area contributed by atoms with E-state index in [2.05, 4.69) is 43.6 Å². The van der Waals surface area contributed by atoms with Gasteiger partial charge < -0.3 is 0 Å². The van der Waals surface area contributed by atoms with Crippen LogP contribution in [-0.4, -0.2) is 46.9 Å².